The number of rotatable bonds is 6. The first-order chi connectivity index (χ1) is 8.76. The second-order valence-electron chi connectivity index (χ2n) is 4.59. The van der Waals surface area contributed by atoms with Crippen LogP contribution in [-0.2, 0) is 17.7 Å². The smallest absolute Gasteiger partial charge is 0.140 e. The van der Waals surface area contributed by atoms with Crippen molar-refractivity contribution in [2.45, 2.75) is 32.4 Å². The van der Waals surface area contributed by atoms with Crippen LogP contribution in [0.1, 0.15) is 18.9 Å². The summed E-state index contributed by atoms with van der Waals surface area (Å²) in [7, 11) is 1.72. The Hall–Kier alpha value is -1.39. The summed E-state index contributed by atoms with van der Waals surface area (Å²) < 4.78 is 7.28. The number of fused-ring (bicyclic) bond motifs is 1. The number of ether oxygens (including phenoxy) is 1. The Morgan fingerprint density at radius 3 is 3.06 bits per heavy atom. The van der Waals surface area contributed by atoms with Gasteiger partial charge in [0.1, 0.15) is 5.65 Å². The number of pyridine rings is 1. The highest BCUT2D eigenvalue weighted by atomic mass is 16.5. The van der Waals surface area contributed by atoms with Crippen LogP contribution in [0.3, 0.4) is 0 Å². The molecular formula is C14H21N3O. The summed E-state index contributed by atoms with van der Waals surface area (Å²) in [5, 5.41) is 1.21. The van der Waals surface area contributed by atoms with E-state index < -0.39 is 0 Å². The number of nitrogens with zero attached hydrogens (tertiary/aromatic N) is 2. The van der Waals surface area contributed by atoms with Crippen LogP contribution in [0.2, 0.25) is 0 Å². The van der Waals surface area contributed by atoms with E-state index in [0.29, 0.717) is 6.61 Å². The van der Waals surface area contributed by atoms with Gasteiger partial charge in [-0.1, -0.05) is 6.92 Å². The van der Waals surface area contributed by atoms with Gasteiger partial charge in [-0.05, 0) is 30.5 Å². The van der Waals surface area contributed by atoms with Crippen LogP contribution in [0.15, 0.2) is 24.5 Å². The molecule has 98 valence electrons. The summed E-state index contributed by atoms with van der Waals surface area (Å²) in [5.41, 5.74) is 8.35. The third-order valence-corrected chi connectivity index (χ3v) is 3.26. The number of aromatic nitrogens is 2. The van der Waals surface area contributed by atoms with E-state index in [9.17, 15) is 0 Å². The Morgan fingerprint density at radius 2 is 2.33 bits per heavy atom. The van der Waals surface area contributed by atoms with Crippen molar-refractivity contribution in [2.24, 2.45) is 5.73 Å². The molecule has 2 heterocycles. The van der Waals surface area contributed by atoms with Gasteiger partial charge >= 0.3 is 0 Å². The molecule has 1 unspecified atom stereocenters. The number of nitrogens with two attached hydrogens (primary N) is 1. The van der Waals surface area contributed by atoms with Crippen molar-refractivity contribution in [3.63, 3.8) is 0 Å². The lowest BCUT2D eigenvalue weighted by atomic mass is 10.1. The van der Waals surface area contributed by atoms with Crippen molar-refractivity contribution in [1.29, 1.82) is 0 Å². The average molecular weight is 247 g/mol. The lowest BCUT2D eigenvalue weighted by Crippen LogP contribution is -2.21. The van der Waals surface area contributed by atoms with Gasteiger partial charge in [-0.25, -0.2) is 4.98 Å². The molecule has 1 atom stereocenters. The molecule has 0 fully saturated rings. The van der Waals surface area contributed by atoms with E-state index in [1.807, 2.05) is 12.3 Å². The minimum absolute atomic E-state index is 0.215. The van der Waals surface area contributed by atoms with Crippen LogP contribution in [0.25, 0.3) is 11.0 Å². The van der Waals surface area contributed by atoms with Crippen molar-refractivity contribution in [3.8, 4) is 0 Å². The molecule has 0 amide bonds. The van der Waals surface area contributed by atoms with E-state index in [1.165, 1.54) is 10.9 Å². The molecule has 18 heavy (non-hydrogen) atoms. The summed E-state index contributed by atoms with van der Waals surface area (Å²) >= 11 is 0. The number of hydrogen-bond acceptors (Lipinski definition) is 3. The quantitative estimate of drug-likeness (QED) is 0.849. The van der Waals surface area contributed by atoms with Crippen LogP contribution in [0.4, 0.5) is 0 Å². The second kappa shape index (κ2) is 5.98. The predicted molar refractivity (Wildman–Crippen MR) is 73.6 cm³/mol. The zero-order valence-corrected chi connectivity index (χ0v) is 11.1. The van der Waals surface area contributed by atoms with E-state index >= 15 is 0 Å². The Balaban J connectivity index is 2.34. The van der Waals surface area contributed by atoms with Gasteiger partial charge < -0.3 is 15.0 Å². The minimum Gasteiger partial charge on any atom is -0.383 e. The lowest BCUT2D eigenvalue weighted by Gasteiger charge is -2.06. The monoisotopic (exact) mass is 247 g/mol. The summed E-state index contributed by atoms with van der Waals surface area (Å²) in [6, 6.07) is 4.31. The molecule has 2 aromatic heterocycles. The summed E-state index contributed by atoms with van der Waals surface area (Å²) in [6.45, 7) is 3.64. The molecule has 2 rings (SSSR count). The Labute approximate surface area is 108 Å². The van der Waals surface area contributed by atoms with E-state index in [1.54, 1.807) is 7.11 Å². The van der Waals surface area contributed by atoms with Crippen molar-refractivity contribution in [2.75, 3.05) is 13.7 Å². The van der Waals surface area contributed by atoms with E-state index in [2.05, 4.69) is 28.7 Å². The fourth-order valence-electron chi connectivity index (χ4n) is 2.14. The van der Waals surface area contributed by atoms with Crippen LogP contribution in [0, 0.1) is 0 Å². The molecule has 0 saturated heterocycles. The molecule has 4 nitrogen and oxygen atoms in total. The molecule has 0 radical (unpaired) electrons. The molecule has 0 aliphatic rings. The zero-order chi connectivity index (χ0) is 13.0. The molecule has 0 spiro atoms. The van der Waals surface area contributed by atoms with Gasteiger partial charge in [0, 0.05) is 37.5 Å². The Morgan fingerprint density at radius 1 is 1.50 bits per heavy atom. The zero-order valence-electron chi connectivity index (χ0n) is 11.1. The van der Waals surface area contributed by atoms with Gasteiger partial charge in [0.15, 0.2) is 0 Å². The third kappa shape index (κ3) is 2.71. The minimum atomic E-state index is 0.215. The first-order valence-corrected chi connectivity index (χ1v) is 6.43. The maximum absolute atomic E-state index is 6.05. The normalized spacial score (nSPS) is 13.1. The van der Waals surface area contributed by atoms with E-state index in [0.717, 1.165) is 25.0 Å². The fraction of sp³-hybridized carbons (Fsp3) is 0.500. The highest BCUT2D eigenvalue weighted by molar-refractivity contribution is 5.80. The highest BCUT2D eigenvalue weighted by Gasteiger charge is 2.11. The van der Waals surface area contributed by atoms with Crippen LogP contribution >= 0.6 is 0 Å². The first kappa shape index (κ1) is 13.1. The molecule has 0 saturated carbocycles. The van der Waals surface area contributed by atoms with Crippen molar-refractivity contribution >= 4 is 11.0 Å². The Kier molecular flexibility index (Phi) is 4.33. The van der Waals surface area contributed by atoms with Crippen molar-refractivity contribution < 1.29 is 4.74 Å². The standard InChI is InChI=1S/C14H21N3O/c1-3-12(15)9-11-10-17(7-8-18-2)14-13(11)5-4-6-16-14/h4-6,10,12H,3,7-9,15H2,1-2H3. The molecule has 0 aromatic carbocycles. The van der Waals surface area contributed by atoms with Gasteiger partial charge in [0.05, 0.1) is 6.61 Å². The predicted octanol–water partition coefficient (Wildman–Crippen LogP) is 1.96. The van der Waals surface area contributed by atoms with Crippen LogP contribution in [-0.4, -0.2) is 29.3 Å². The molecule has 0 bridgehead atoms. The van der Waals surface area contributed by atoms with Gasteiger partial charge in [-0.15, -0.1) is 0 Å². The fourth-order valence-corrected chi connectivity index (χ4v) is 2.14. The van der Waals surface area contributed by atoms with Gasteiger partial charge in [-0.2, -0.15) is 0 Å². The first-order valence-electron chi connectivity index (χ1n) is 6.43. The third-order valence-electron chi connectivity index (χ3n) is 3.26. The summed E-state index contributed by atoms with van der Waals surface area (Å²) in [4.78, 5) is 4.45. The number of methoxy groups -OCH3 is 1. The van der Waals surface area contributed by atoms with Gasteiger partial charge in [0.2, 0.25) is 0 Å². The maximum Gasteiger partial charge on any atom is 0.140 e. The molecular weight excluding hydrogens is 226 g/mol. The van der Waals surface area contributed by atoms with Gasteiger partial charge in [-0.3, -0.25) is 0 Å². The lowest BCUT2D eigenvalue weighted by molar-refractivity contribution is 0.188. The van der Waals surface area contributed by atoms with Crippen molar-refractivity contribution in [1.82, 2.24) is 9.55 Å². The largest absolute Gasteiger partial charge is 0.383 e. The topological polar surface area (TPSA) is 53.1 Å². The van der Waals surface area contributed by atoms with Gasteiger partial charge in [0.25, 0.3) is 0 Å². The molecule has 0 aliphatic heterocycles. The van der Waals surface area contributed by atoms with Crippen LogP contribution < -0.4 is 5.73 Å². The molecule has 0 aliphatic carbocycles. The van der Waals surface area contributed by atoms with Crippen LogP contribution in [0.5, 0.6) is 0 Å². The van der Waals surface area contributed by atoms with Crippen molar-refractivity contribution in [3.05, 3.63) is 30.1 Å². The summed E-state index contributed by atoms with van der Waals surface area (Å²) in [6.07, 6.45) is 5.88. The number of hydrogen-bond donors (Lipinski definition) is 1. The maximum atomic E-state index is 6.05. The SMILES string of the molecule is CCC(N)Cc1cn(CCOC)c2ncccc12. The average Bonchev–Trinajstić information content (AvgIpc) is 2.75. The second-order valence-corrected chi connectivity index (χ2v) is 4.59. The highest BCUT2D eigenvalue weighted by Crippen LogP contribution is 2.20. The van der Waals surface area contributed by atoms with E-state index in [-0.39, 0.29) is 6.04 Å². The molecule has 4 heteroatoms. The van der Waals surface area contributed by atoms with E-state index in [4.69, 9.17) is 10.5 Å². The summed E-state index contributed by atoms with van der Waals surface area (Å²) in [5.74, 6) is 0. The molecule has 2 N–H and O–H groups in total. The molecule has 2 aromatic rings. The Bertz CT molecular complexity index is 507.